The number of nitrogens with one attached hydrogen (secondary N) is 2. The van der Waals surface area contributed by atoms with E-state index in [1.807, 2.05) is 6.92 Å². The summed E-state index contributed by atoms with van der Waals surface area (Å²) in [5.41, 5.74) is 0. The van der Waals surface area contributed by atoms with E-state index in [2.05, 4.69) is 10.0 Å². The van der Waals surface area contributed by atoms with Crippen molar-refractivity contribution in [2.24, 2.45) is 5.92 Å². The molecule has 2 saturated carbocycles. The van der Waals surface area contributed by atoms with Crippen LogP contribution in [0.2, 0.25) is 0 Å². The molecule has 0 heterocycles. The zero-order valence-corrected chi connectivity index (χ0v) is 10.7. The average molecular weight is 246 g/mol. The summed E-state index contributed by atoms with van der Waals surface area (Å²) in [6.07, 6.45) is 5.94. The first kappa shape index (κ1) is 12.3. The Labute approximate surface area is 98.2 Å². The molecule has 0 saturated heterocycles. The summed E-state index contributed by atoms with van der Waals surface area (Å²) in [6, 6.07) is 0.678. The van der Waals surface area contributed by atoms with Crippen LogP contribution in [0.4, 0.5) is 0 Å². The standard InChI is InChI=1S/C11H22N2O2S/c1-9(8-10-2-3-10)13-16(14,15)7-6-12-11-4-5-11/h9-13H,2-8H2,1H3. The molecule has 0 aliphatic heterocycles. The number of rotatable bonds is 8. The lowest BCUT2D eigenvalue weighted by molar-refractivity contribution is 0.527. The minimum absolute atomic E-state index is 0.0958. The molecule has 16 heavy (non-hydrogen) atoms. The van der Waals surface area contributed by atoms with E-state index in [1.165, 1.54) is 25.7 Å². The van der Waals surface area contributed by atoms with Gasteiger partial charge in [0, 0.05) is 18.6 Å². The van der Waals surface area contributed by atoms with Crippen molar-refractivity contribution in [3.8, 4) is 0 Å². The van der Waals surface area contributed by atoms with Gasteiger partial charge in [0.15, 0.2) is 0 Å². The Bertz CT molecular complexity index is 321. The van der Waals surface area contributed by atoms with E-state index < -0.39 is 10.0 Å². The third-order valence-electron chi connectivity index (χ3n) is 3.15. The van der Waals surface area contributed by atoms with Crippen LogP contribution in [0.3, 0.4) is 0 Å². The molecule has 0 spiro atoms. The first-order valence-electron chi connectivity index (χ1n) is 6.28. The zero-order chi connectivity index (χ0) is 11.6. The first-order valence-corrected chi connectivity index (χ1v) is 7.94. The topological polar surface area (TPSA) is 58.2 Å². The molecule has 0 radical (unpaired) electrons. The molecule has 0 amide bonds. The van der Waals surface area contributed by atoms with Crippen LogP contribution >= 0.6 is 0 Å². The summed E-state index contributed by atoms with van der Waals surface area (Å²) >= 11 is 0. The number of hydrogen-bond acceptors (Lipinski definition) is 3. The molecule has 0 aromatic carbocycles. The van der Waals surface area contributed by atoms with Crippen molar-refractivity contribution in [3.05, 3.63) is 0 Å². The minimum Gasteiger partial charge on any atom is -0.313 e. The third kappa shape index (κ3) is 4.80. The second-order valence-electron chi connectivity index (χ2n) is 5.25. The fourth-order valence-electron chi connectivity index (χ4n) is 1.95. The maximum absolute atomic E-state index is 11.7. The fourth-order valence-corrected chi connectivity index (χ4v) is 3.17. The van der Waals surface area contributed by atoms with Crippen LogP contribution in [-0.2, 0) is 10.0 Å². The second-order valence-corrected chi connectivity index (χ2v) is 7.12. The third-order valence-corrected chi connectivity index (χ3v) is 4.65. The van der Waals surface area contributed by atoms with E-state index in [4.69, 9.17) is 0 Å². The Balaban J connectivity index is 1.63. The Morgan fingerprint density at radius 2 is 1.94 bits per heavy atom. The van der Waals surface area contributed by atoms with Gasteiger partial charge >= 0.3 is 0 Å². The van der Waals surface area contributed by atoms with Gasteiger partial charge in [-0.1, -0.05) is 12.8 Å². The molecule has 1 unspecified atom stereocenters. The van der Waals surface area contributed by atoms with Crippen molar-refractivity contribution in [1.82, 2.24) is 10.0 Å². The van der Waals surface area contributed by atoms with Crippen molar-refractivity contribution in [2.75, 3.05) is 12.3 Å². The molecule has 0 bridgehead atoms. The van der Waals surface area contributed by atoms with Crippen molar-refractivity contribution >= 4 is 10.0 Å². The Morgan fingerprint density at radius 1 is 1.25 bits per heavy atom. The molecule has 2 aliphatic rings. The predicted octanol–water partition coefficient (Wildman–Crippen LogP) is 0.846. The smallest absolute Gasteiger partial charge is 0.213 e. The molecule has 5 heteroatoms. The van der Waals surface area contributed by atoms with Crippen LogP contribution in [0.25, 0.3) is 0 Å². The molecular weight excluding hydrogens is 224 g/mol. The van der Waals surface area contributed by atoms with Crippen LogP contribution in [0.5, 0.6) is 0 Å². The largest absolute Gasteiger partial charge is 0.313 e. The van der Waals surface area contributed by atoms with Crippen molar-refractivity contribution in [3.63, 3.8) is 0 Å². The van der Waals surface area contributed by atoms with Gasteiger partial charge in [0.2, 0.25) is 10.0 Å². The maximum atomic E-state index is 11.7. The summed E-state index contributed by atoms with van der Waals surface area (Å²) in [7, 11) is -3.08. The summed E-state index contributed by atoms with van der Waals surface area (Å²) in [5.74, 6) is 0.973. The highest BCUT2D eigenvalue weighted by atomic mass is 32.2. The van der Waals surface area contributed by atoms with Crippen molar-refractivity contribution < 1.29 is 8.42 Å². The van der Waals surface area contributed by atoms with Gasteiger partial charge in [-0.15, -0.1) is 0 Å². The Morgan fingerprint density at radius 3 is 2.50 bits per heavy atom. The van der Waals surface area contributed by atoms with Crippen LogP contribution in [-0.4, -0.2) is 32.8 Å². The van der Waals surface area contributed by atoms with E-state index in [0.717, 1.165) is 12.3 Å². The normalized spacial score (nSPS) is 23.3. The predicted molar refractivity (Wildman–Crippen MR) is 64.8 cm³/mol. The van der Waals surface area contributed by atoms with Gasteiger partial charge < -0.3 is 5.32 Å². The van der Waals surface area contributed by atoms with Crippen molar-refractivity contribution in [1.29, 1.82) is 0 Å². The lowest BCUT2D eigenvalue weighted by atomic mass is 10.2. The molecule has 94 valence electrons. The van der Waals surface area contributed by atoms with Crippen LogP contribution < -0.4 is 10.0 Å². The molecular formula is C11H22N2O2S. The van der Waals surface area contributed by atoms with Gasteiger partial charge in [0.1, 0.15) is 0 Å². The highest BCUT2D eigenvalue weighted by Crippen LogP contribution is 2.33. The van der Waals surface area contributed by atoms with Crippen LogP contribution in [0, 0.1) is 5.92 Å². The molecule has 2 fully saturated rings. The minimum atomic E-state index is -3.08. The Hall–Kier alpha value is -0.130. The van der Waals surface area contributed by atoms with Crippen LogP contribution in [0.15, 0.2) is 0 Å². The van der Waals surface area contributed by atoms with Gasteiger partial charge in [0.05, 0.1) is 5.75 Å². The lowest BCUT2D eigenvalue weighted by Gasteiger charge is -2.13. The van der Waals surface area contributed by atoms with E-state index in [9.17, 15) is 8.42 Å². The second kappa shape index (κ2) is 5.02. The first-order chi connectivity index (χ1) is 7.55. The summed E-state index contributed by atoms with van der Waals surface area (Å²) in [6.45, 7) is 2.54. The highest BCUT2D eigenvalue weighted by Gasteiger charge is 2.26. The monoisotopic (exact) mass is 246 g/mol. The zero-order valence-electron chi connectivity index (χ0n) is 9.91. The van der Waals surface area contributed by atoms with Gasteiger partial charge in [0.25, 0.3) is 0 Å². The number of hydrogen-bond donors (Lipinski definition) is 2. The maximum Gasteiger partial charge on any atom is 0.213 e. The molecule has 2 N–H and O–H groups in total. The highest BCUT2D eigenvalue weighted by molar-refractivity contribution is 7.89. The molecule has 2 aliphatic carbocycles. The Kier molecular flexibility index (Phi) is 3.87. The summed E-state index contributed by atoms with van der Waals surface area (Å²) in [4.78, 5) is 0. The van der Waals surface area contributed by atoms with E-state index in [0.29, 0.717) is 12.6 Å². The van der Waals surface area contributed by atoms with Gasteiger partial charge in [-0.25, -0.2) is 13.1 Å². The molecule has 4 nitrogen and oxygen atoms in total. The van der Waals surface area contributed by atoms with Gasteiger partial charge in [-0.2, -0.15) is 0 Å². The fraction of sp³-hybridized carbons (Fsp3) is 1.00. The average Bonchev–Trinajstić information content (AvgIpc) is 2.95. The molecule has 0 aromatic rings. The van der Waals surface area contributed by atoms with Gasteiger partial charge in [-0.05, 0) is 32.1 Å². The quantitative estimate of drug-likeness (QED) is 0.667. The molecule has 1 atom stereocenters. The number of sulfonamides is 1. The lowest BCUT2D eigenvalue weighted by Crippen LogP contribution is -2.37. The summed E-state index contributed by atoms with van der Waals surface area (Å²) in [5, 5.41) is 3.22. The van der Waals surface area contributed by atoms with E-state index in [-0.39, 0.29) is 11.8 Å². The van der Waals surface area contributed by atoms with Gasteiger partial charge in [-0.3, -0.25) is 0 Å². The SMILES string of the molecule is CC(CC1CC1)NS(=O)(=O)CCNC1CC1. The summed E-state index contributed by atoms with van der Waals surface area (Å²) < 4.78 is 26.1. The van der Waals surface area contributed by atoms with E-state index in [1.54, 1.807) is 0 Å². The van der Waals surface area contributed by atoms with Crippen molar-refractivity contribution in [2.45, 2.75) is 51.1 Å². The van der Waals surface area contributed by atoms with Crippen LogP contribution in [0.1, 0.15) is 39.0 Å². The molecule has 0 aromatic heterocycles. The van der Waals surface area contributed by atoms with E-state index >= 15 is 0 Å². The molecule has 2 rings (SSSR count).